The third-order valence-corrected chi connectivity index (χ3v) is 2.13. The van der Waals surface area contributed by atoms with Gasteiger partial charge in [0.2, 0.25) is 0 Å². The van der Waals surface area contributed by atoms with Gasteiger partial charge in [-0.05, 0) is 18.6 Å². The topological polar surface area (TPSA) is 89.0 Å². The molecule has 0 amide bonds. The van der Waals surface area contributed by atoms with Gasteiger partial charge in [0.05, 0.1) is 18.7 Å². The second kappa shape index (κ2) is 5.91. The van der Waals surface area contributed by atoms with Gasteiger partial charge in [-0.25, -0.2) is 13.8 Å². The maximum absolute atomic E-state index is 12.6. The number of nitriles is 1. The van der Waals surface area contributed by atoms with E-state index in [2.05, 4.69) is 9.72 Å². The van der Waals surface area contributed by atoms with Crippen LogP contribution in [-0.2, 0) is 16.0 Å². The summed E-state index contributed by atoms with van der Waals surface area (Å²) < 4.78 is 29.8. The zero-order valence-electron chi connectivity index (χ0n) is 9.61. The van der Waals surface area contributed by atoms with Crippen LogP contribution in [0.3, 0.4) is 0 Å². The summed E-state index contributed by atoms with van der Waals surface area (Å²) >= 11 is 0. The van der Waals surface area contributed by atoms with Gasteiger partial charge in [-0.15, -0.1) is 0 Å². The van der Waals surface area contributed by atoms with E-state index in [1.807, 2.05) is 0 Å². The molecule has 0 aliphatic rings. The third-order valence-electron chi connectivity index (χ3n) is 2.13. The minimum absolute atomic E-state index is 0.0741. The van der Waals surface area contributed by atoms with Crippen molar-refractivity contribution >= 4 is 11.7 Å². The average molecular weight is 255 g/mol. The van der Waals surface area contributed by atoms with E-state index in [1.54, 1.807) is 13.0 Å². The molecule has 0 saturated heterocycles. The Morgan fingerprint density at radius 1 is 1.67 bits per heavy atom. The summed E-state index contributed by atoms with van der Waals surface area (Å²) in [6, 6.07) is 2.63. The molecular formula is C11H11F2N3O2. The molecule has 5 nitrogen and oxygen atoms in total. The largest absolute Gasteiger partial charge is 0.466 e. The number of hydrogen-bond acceptors (Lipinski definition) is 5. The summed E-state index contributed by atoms with van der Waals surface area (Å²) in [5, 5.41) is 8.73. The van der Waals surface area contributed by atoms with Crippen molar-refractivity contribution in [2.24, 2.45) is 0 Å². The van der Waals surface area contributed by atoms with Crippen molar-refractivity contribution in [3.05, 3.63) is 23.0 Å². The average Bonchev–Trinajstić information content (AvgIpc) is 2.31. The number of anilines is 1. The Morgan fingerprint density at radius 3 is 2.83 bits per heavy atom. The van der Waals surface area contributed by atoms with Crippen LogP contribution in [0.2, 0.25) is 0 Å². The van der Waals surface area contributed by atoms with Gasteiger partial charge in [0.1, 0.15) is 11.8 Å². The maximum Gasteiger partial charge on any atom is 0.310 e. The summed E-state index contributed by atoms with van der Waals surface area (Å²) in [5.74, 6) is -0.598. The SMILES string of the molecule is CCOC(=O)Cc1cc(C(F)F)nc(C#N)c1N. The molecule has 0 radical (unpaired) electrons. The molecule has 1 aromatic rings. The zero-order chi connectivity index (χ0) is 13.7. The van der Waals surface area contributed by atoms with Crippen molar-refractivity contribution in [1.82, 2.24) is 4.98 Å². The highest BCUT2D eigenvalue weighted by molar-refractivity contribution is 5.75. The summed E-state index contributed by atoms with van der Waals surface area (Å²) in [4.78, 5) is 14.7. The molecule has 0 bridgehead atoms. The van der Waals surface area contributed by atoms with Crippen molar-refractivity contribution in [3.63, 3.8) is 0 Å². The molecule has 18 heavy (non-hydrogen) atoms. The van der Waals surface area contributed by atoms with Crippen molar-refractivity contribution in [1.29, 1.82) is 5.26 Å². The minimum Gasteiger partial charge on any atom is -0.466 e. The van der Waals surface area contributed by atoms with Crippen LogP contribution >= 0.6 is 0 Å². The third kappa shape index (κ3) is 3.13. The Labute approximate surface area is 102 Å². The highest BCUT2D eigenvalue weighted by atomic mass is 19.3. The summed E-state index contributed by atoms with van der Waals surface area (Å²) in [5.41, 5.74) is 4.72. The lowest BCUT2D eigenvalue weighted by Crippen LogP contribution is -2.11. The second-order valence-electron chi connectivity index (χ2n) is 3.36. The molecular weight excluding hydrogens is 244 g/mol. The van der Waals surface area contributed by atoms with E-state index in [1.165, 1.54) is 0 Å². The molecule has 96 valence electrons. The Kier molecular flexibility index (Phi) is 4.54. The Morgan fingerprint density at radius 2 is 2.33 bits per heavy atom. The van der Waals surface area contributed by atoms with Crippen molar-refractivity contribution in [3.8, 4) is 6.07 Å². The van der Waals surface area contributed by atoms with Gasteiger partial charge >= 0.3 is 5.97 Å². The monoisotopic (exact) mass is 255 g/mol. The van der Waals surface area contributed by atoms with E-state index in [9.17, 15) is 13.6 Å². The van der Waals surface area contributed by atoms with Crippen LogP contribution in [0.4, 0.5) is 14.5 Å². The number of nitrogens with two attached hydrogens (primary N) is 1. The number of halogens is 2. The number of esters is 1. The number of ether oxygens (including phenoxy) is 1. The number of rotatable bonds is 4. The lowest BCUT2D eigenvalue weighted by atomic mass is 10.1. The predicted octanol–water partition coefficient (Wildman–Crippen LogP) is 1.58. The Balaban J connectivity index is 3.14. The van der Waals surface area contributed by atoms with Crippen molar-refractivity contribution in [2.75, 3.05) is 12.3 Å². The number of hydrogen-bond donors (Lipinski definition) is 1. The van der Waals surface area contributed by atoms with Gasteiger partial charge in [-0.3, -0.25) is 4.79 Å². The first-order valence-electron chi connectivity index (χ1n) is 5.12. The molecule has 1 aromatic heterocycles. The smallest absolute Gasteiger partial charge is 0.310 e. The van der Waals surface area contributed by atoms with E-state index in [0.717, 1.165) is 6.07 Å². The van der Waals surface area contributed by atoms with Crippen LogP contribution in [0, 0.1) is 11.3 Å². The van der Waals surface area contributed by atoms with Gasteiger partial charge < -0.3 is 10.5 Å². The Bertz CT molecular complexity index is 498. The van der Waals surface area contributed by atoms with E-state index in [4.69, 9.17) is 11.0 Å². The van der Waals surface area contributed by atoms with Crippen LogP contribution in [0.15, 0.2) is 6.07 Å². The molecule has 0 saturated carbocycles. The first-order chi connectivity index (χ1) is 8.49. The Hall–Kier alpha value is -2.23. The molecule has 0 unspecified atom stereocenters. The van der Waals surface area contributed by atoms with E-state index in [-0.39, 0.29) is 30.0 Å². The van der Waals surface area contributed by atoms with E-state index in [0.29, 0.717) is 0 Å². The molecule has 7 heteroatoms. The fourth-order valence-corrected chi connectivity index (χ4v) is 1.34. The lowest BCUT2D eigenvalue weighted by Gasteiger charge is -2.09. The summed E-state index contributed by atoms with van der Waals surface area (Å²) in [7, 11) is 0. The number of carbonyl (C=O) groups excluding carboxylic acids is 1. The summed E-state index contributed by atoms with van der Waals surface area (Å²) in [6.07, 6.45) is -3.10. The van der Waals surface area contributed by atoms with E-state index < -0.39 is 18.1 Å². The lowest BCUT2D eigenvalue weighted by molar-refractivity contribution is -0.142. The molecule has 1 heterocycles. The highest BCUT2D eigenvalue weighted by Crippen LogP contribution is 2.24. The number of aromatic nitrogens is 1. The number of carbonyl (C=O) groups is 1. The molecule has 0 aliphatic carbocycles. The standard InChI is InChI=1S/C11H11F2N3O2/c1-2-18-9(17)4-6-3-7(11(12)13)16-8(5-14)10(6)15/h3,11H,2,4,15H2,1H3. The van der Waals surface area contributed by atoms with Crippen LogP contribution in [0.5, 0.6) is 0 Å². The maximum atomic E-state index is 12.6. The van der Waals surface area contributed by atoms with Gasteiger partial charge in [0.15, 0.2) is 5.69 Å². The summed E-state index contributed by atoms with van der Waals surface area (Å²) in [6.45, 7) is 1.80. The number of nitrogens with zero attached hydrogens (tertiary/aromatic N) is 2. The molecule has 0 spiro atoms. The van der Waals surface area contributed by atoms with Crippen LogP contribution in [0.25, 0.3) is 0 Å². The zero-order valence-corrected chi connectivity index (χ0v) is 9.61. The molecule has 0 atom stereocenters. The van der Waals surface area contributed by atoms with Gasteiger partial charge in [-0.2, -0.15) is 5.26 Å². The van der Waals surface area contributed by atoms with Crippen molar-refractivity contribution < 1.29 is 18.3 Å². The molecule has 2 N–H and O–H groups in total. The molecule has 0 aromatic carbocycles. The quantitative estimate of drug-likeness (QED) is 0.825. The first kappa shape index (κ1) is 13.8. The fraction of sp³-hybridized carbons (Fsp3) is 0.364. The van der Waals surface area contributed by atoms with E-state index >= 15 is 0 Å². The van der Waals surface area contributed by atoms with Crippen LogP contribution in [-0.4, -0.2) is 17.6 Å². The number of pyridine rings is 1. The van der Waals surface area contributed by atoms with Gasteiger partial charge in [0.25, 0.3) is 6.43 Å². The second-order valence-corrected chi connectivity index (χ2v) is 3.36. The number of nitrogen functional groups attached to an aromatic ring is 1. The fourth-order valence-electron chi connectivity index (χ4n) is 1.34. The minimum atomic E-state index is -2.83. The molecule has 0 fully saturated rings. The first-order valence-corrected chi connectivity index (χ1v) is 5.12. The highest BCUT2D eigenvalue weighted by Gasteiger charge is 2.17. The number of alkyl halides is 2. The normalized spacial score (nSPS) is 10.2. The van der Waals surface area contributed by atoms with Crippen LogP contribution in [0.1, 0.15) is 30.3 Å². The van der Waals surface area contributed by atoms with Crippen LogP contribution < -0.4 is 5.73 Å². The molecule has 1 rings (SSSR count). The predicted molar refractivity (Wildman–Crippen MR) is 58.7 cm³/mol. The van der Waals surface area contributed by atoms with Gasteiger partial charge in [0, 0.05) is 0 Å². The van der Waals surface area contributed by atoms with Gasteiger partial charge in [-0.1, -0.05) is 0 Å². The molecule has 0 aliphatic heterocycles. The van der Waals surface area contributed by atoms with Crippen molar-refractivity contribution in [2.45, 2.75) is 19.8 Å².